The van der Waals surface area contributed by atoms with Crippen LogP contribution in [0.1, 0.15) is 11.1 Å². The molecule has 0 fully saturated rings. The summed E-state index contributed by atoms with van der Waals surface area (Å²) in [6.07, 6.45) is 2.77. The van der Waals surface area contributed by atoms with Gasteiger partial charge in [-0.1, -0.05) is 0 Å². The molecule has 6 nitrogen and oxygen atoms in total. The second kappa shape index (κ2) is 6.59. The molecule has 0 saturated carbocycles. The zero-order valence-corrected chi connectivity index (χ0v) is 15.3. The van der Waals surface area contributed by atoms with Gasteiger partial charge in [-0.05, 0) is 54.8 Å². The van der Waals surface area contributed by atoms with E-state index in [-0.39, 0.29) is 0 Å². The lowest BCUT2D eigenvalue weighted by molar-refractivity contribution is 0.415. The number of benzene rings is 2. The van der Waals surface area contributed by atoms with E-state index < -0.39 is 11.3 Å². The quantitative estimate of drug-likeness (QED) is 0.685. The van der Waals surface area contributed by atoms with Gasteiger partial charge in [0, 0.05) is 35.6 Å². The predicted octanol–water partition coefficient (Wildman–Crippen LogP) is 3.79. The summed E-state index contributed by atoms with van der Waals surface area (Å²) in [5.74, 6) is 0.786. The van der Waals surface area contributed by atoms with Crippen LogP contribution < -0.4 is 14.4 Å². The first-order valence-electron chi connectivity index (χ1n) is 8.28. The van der Waals surface area contributed by atoms with Crippen molar-refractivity contribution in [2.24, 2.45) is 0 Å². The molecule has 2 N–H and O–H groups in total. The van der Waals surface area contributed by atoms with Gasteiger partial charge in [0.1, 0.15) is 5.75 Å². The number of fused-ring (bicyclic) bond motifs is 2. The fourth-order valence-electron chi connectivity index (χ4n) is 3.54. The van der Waals surface area contributed by atoms with Crippen LogP contribution in [0.4, 0.5) is 17.1 Å². The molecule has 2 aromatic carbocycles. The van der Waals surface area contributed by atoms with Gasteiger partial charge in [0.05, 0.1) is 18.3 Å². The summed E-state index contributed by atoms with van der Waals surface area (Å²) in [5, 5.41) is 1.08. The first-order valence-corrected chi connectivity index (χ1v) is 9.39. The Kier molecular flexibility index (Phi) is 4.26. The SMILES string of the molecule is COc1ccc2c(N3CCc4cc(NS(=O)O)ccc43)c(C)cnc2c1. The highest BCUT2D eigenvalue weighted by molar-refractivity contribution is 7.80. The molecule has 7 heteroatoms. The van der Waals surface area contributed by atoms with Crippen LogP contribution in [0, 0.1) is 6.92 Å². The summed E-state index contributed by atoms with van der Waals surface area (Å²) < 4.78 is 27.8. The zero-order chi connectivity index (χ0) is 18.3. The van der Waals surface area contributed by atoms with Crippen molar-refractivity contribution in [3.8, 4) is 5.75 Å². The Balaban J connectivity index is 1.81. The second-order valence-electron chi connectivity index (χ2n) is 6.27. The lowest BCUT2D eigenvalue weighted by Gasteiger charge is -2.24. The highest BCUT2D eigenvalue weighted by Gasteiger charge is 2.24. The molecule has 0 spiro atoms. The average molecular weight is 369 g/mol. The van der Waals surface area contributed by atoms with Gasteiger partial charge in [-0.2, -0.15) is 0 Å². The van der Waals surface area contributed by atoms with Crippen molar-refractivity contribution in [1.82, 2.24) is 4.98 Å². The number of hydrogen-bond donors (Lipinski definition) is 2. The Hall–Kier alpha value is -2.64. The summed E-state index contributed by atoms with van der Waals surface area (Å²) in [6.45, 7) is 2.92. The largest absolute Gasteiger partial charge is 0.497 e. The van der Waals surface area contributed by atoms with Crippen LogP contribution in [-0.4, -0.2) is 27.4 Å². The van der Waals surface area contributed by atoms with E-state index in [1.807, 2.05) is 42.6 Å². The van der Waals surface area contributed by atoms with E-state index in [2.05, 4.69) is 21.5 Å². The van der Waals surface area contributed by atoms with Gasteiger partial charge in [-0.3, -0.25) is 14.3 Å². The number of methoxy groups -OCH3 is 1. The first-order chi connectivity index (χ1) is 12.6. The van der Waals surface area contributed by atoms with E-state index in [1.165, 1.54) is 0 Å². The molecule has 26 heavy (non-hydrogen) atoms. The molecular weight excluding hydrogens is 350 g/mol. The van der Waals surface area contributed by atoms with E-state index in [1.54, 1.807) is 7.11 Å². The van der Waals surface area contributed by atoms with Crippen molar-refractivity contribution in [2.45, 2.75) is 13.3 Å². The number of pyridine rings is 1. The van der Waals surface area contributed by atoms with Crippen molar-refractivity contribution < 1.29 is 13.5 Å². The maximum atomic E-state index is 11.0. The van der Waals surface area contributed by atoms with Crippen LogP contribution in [0.3, 0.4) is 0 Å². The Morgan fingerprint density at radius 1 is 1.27 bits per heavy atom. The third-order valence-electron chi connectivity index (χ3n) is 4.68. The fourth-order valence-corrected chi connectivity index (χ4v) is 3.87. The van der Waals surface area contributed by atoms with Gasteiger partial charge >= 0.3 is 0 Å². The van der Waals surface area contributed by atoms with Crippen molar-refractivity contribution in [1.29, 1.82) is 0 Å². The van der Waals surface area contributed by atoms with Gasteiger partial charge in [0.25, 0.3) is 11.3 Å². The van der Waals surface area contributed by atoms with E-state index in [9.17, 15) is 4.21 Å². The van der Waals surface area contributed by atoms with Crippen LogP contribution in [0.2, 0.25) is 0 Å². The van der Waals surface area contributed by atoms with Gasteiger partial charge < -0.3 is 9.64 Å². The standard InChI is InChI=1S/C19H19N3O3S/c1-12-11-20-17-10-15(25-2)4-5-16(17)19(12)22-8-7-13-9-14(21-26(23)24)3-6-18(13)22/h3-6,9-11,21H,7-8H2,1-2H3,(H,23,24). The maximum absolute atomic E-state index is 11.0. The smallest absolute Gasteiger partial charge is 0.259 e. The Morgan fingerprint density at radius 2 is 2.12 bits per heavy atom. The number of nitrogens with one attached hydrogen (secondary N) is 1. The minimum absolute atomic E-state index is 0.646. The van der Waals surface area contributed by atoms with E-state index >= 15 is 0 Å². The number of aryl methyl sites for hydroxylation is 1. The molecule has 2 heterocycles. The summed E-state index contributed by atoms with van der Waals surface area (Å²) in [5.41, 5.74) is 6.06. The molecule has 1 atom stereocenters. The molecule has 0 saturated heterocycles. The third kappa shape index (κ3) is 2.89. The van der Waals surface area contributed by atoms with Crippen LogP contribution in [0.15, 0.2) is 42.6 Å². The van der Waals surface area contributed by atoms with Crippen LogP contribution in [-0.2, 0) is 17.7 Å². The molecule has 0 aliphatic carbocycles. The van der Waals surface area contributed by atoms with Crippen LogP contribution in [0.5, 0.6) is 5.75 Å². The molecule has 1 aromatic heterocycles. The fraction of sp³-hybridized carbons (Fsp3) is 0.211. The molecule has 0 amide bonds. The molecule has 0 bridgehead atoms. The normalized spacial score (nSPS) is 14.3. The summed E-state index contributed by atoms with van der Waals surface area (Å²) in [4.78, 5) is 6.84. The molecule has 0 radical (unpaired) electrons. The monoisotopic (exact) mass is 369 g/mol. The molecule has 4 rings (SSSR count). The van der Waals surface area contributed by atoms with Crippen LogP contribution >= 0.6 is 0 Å². The third-order valence-corrected chi connectivity index (χ3v) is 5.09. The van der Waals surface area contributed by atoms with Crippen molar-refractivity contribution in [3.63, 3.8) is 0 Å². The maximum Gasteiger partial charge on any atom is 0.259 e. The van der Waals surface area contributed by atoms with E-state index in [0.29, 0.717) is 5.69 Å². The second-order valence-corrected chi connectivity index (χ2v) is 6.97. The highest BCUT2D eigenvalue weighted by Crippen LogP contribution is 2.41. The van der Waals surface area contributed by atoms with Crippen molar-refractivity contribution in [3.05, 3.63) is 53.7 Å². The van der Waals surface area contributed by atoms with Crippen molar-refractivity contribution >= 4 is 39.2 Å². The van der Waals surface area contributed by atoms with Crippen molar-refractivity contribution in [2.75, 3.05) is 23.3 Å². The molecule has 1 aliphatic heterocycles. The first kappa shape index (κ1) is 16.8. The molecule has 3 aromatic rings. The Labute approximate surface area is 154 Å². The number of ether oxygens (including phenoxy) is 1. The Morgan fingerprint density at radius 3 is 2.88 bits per heavy atom. The highest BCUT2D eigenvalue weighted by atomic mass is 32.2. The number of rotatable bonds is 4. The molecule has 1 aliphatic rings. The molecule has 134 valence electrons. The number of anilines is 3. The zero-order valence-electron chi connectivity index (χ0n) is 14.5. The van der Waals surface area contributed by atoms with Gasteiger partial charge in [-0.15, -0.1) is 0 Å². The Bertz CT molecular complexity index is 1020. The topological polar surface area (TPSA) is 74.7 Å². The van der Waals surface area contributed by atoms with Gasteiger partial charge in [0.15, 0.2) is 0 Å². The lowest BCUT2D eigenvalue weighted by atomic mass is 10.1. The van der Waals surface area contributed by atoms with E-state index in [4.69, 9.17) is 9.29 Å². The van der Waals surface area contributed by atoms with Crippen LogP contribution in [0.25, 0.3) is 10.9 Å². The number of aromatic nitrogens is 1. The minimum Gasteiger partial charge on any atom is -0.497 e. The molecular formula is C19H19N3O3S. The number of nitrogens with zero attached hydrogens (tertiary/aromatic N) is 2. The molecule has 1 unspecified atom stereocenters. The predicted molar refractivity (Wildman–Crippen MR) is 105 cm³/mol. The lowest BCUT2D eigenvalue weighted by Crippen LogP contribution is -2.15. The number of hydrogen-bond acceptors (Lipinski definition) is 4. The average Bonchev–Trinajstić information content (AvgIpc) is 3.03. The summed E-state index contributed by atoms with van der Waals surface area (Å²) >= 11 is -2.07. The minimum atomic E-state index is -2.07. The van der Waals surface area contributed by atoms with E-state index in [0.717, 1.165) is 52.1 Å². The summed E-state index contributed by atoms with van der Waals surface area (Å²) in [6, 6.07) is 11.7. The van der Waals surface area contributed by atoms with Gasteiger partial charge in [0.2, 0.25) is 0 Å². The van der Waals surface area contributed by atoms with Gasteiger partial charge in [-0.25, -0.2) is 4.21 Å². The summed E-state index contributed by atoms with van der Waals surface area (Å²) in [7, 11) is 1.65.